The normalized spacial score (nSPS) is 10.2. The number of nitrogens with one attached hydrogen (secondary N) is 2. The fourth-order valence-corrected chi connectivity index (χ4v) is 2.63. The van der Waals surface area contributed by atoms with E-state index in [0.29, 0.717) is 22.8 Å². The summed E-state index contributed by atoms with van der Waals surface area (Å²) in [6.07, 6.45) is 0.509. The summed E-state index contributed by atoms with van der Waals surface area (Å²) in [5, 5.41) is 5.85. The second-order valence-electron chi connectivity index (χ2n) is 6.41. The van der Waals surface area contributed by atoms with Crippen LogP contribution in [0.1, 0.15) is 30.4 Å². The first-order valence-electron chi connectivity index (χ1n) is 8.92. The maximum Gasteiger partial charge on any atom is 0.306 e. The Balaban J connectivity index is 1.67. The quantitative estimate of drug-likeness (QED) is 0.646. The molecule has 2 amide bonds. The fourth-order valence-electron chi connectivity index (χ4n) is 2.44. The maximum absolute atomic E-state index is 11.9. The third-order valence-electron chi connectivity index (χ3n) is 3.96. The molecule has 0 saturated carbocycles. The fraction of sp³-hybridized carbons (Fsp3) is 0.286. The van der Waals surface area contributed by atoms with Crippen molar-refractivity contribution in [1.29, 1.82) is 0 Å². The van der Waals surface area contributed by atoms with Crippen molar-refractivity contribution in [3.63, 3.8) is 0 Å². The van der Waals surface area contributed by atoms with Gasteiger partial charge in [0.2, 0.25) is 5.91 Å². The number of benzene rings is 2. The summed E-state index contributed by atoms with van der Waals surface area (Å²) in [7, 11) is 0. The molecule has 0 radical (unpaired) electrons. The summed E-state index contributed by atoms with van der Waals surface area (Å²) in [5.74, 6) is -1.17. The van der Waals surface area contributed by atoms with Crippen LogP contribution in [0.5, 0.6) is 0 Å². The number of rotatable bonds is 8. The lowest BCUT2D eigenvalue weighted by Crippen LogP contribution is -2.21. The SMILES string of the molecule is Cc1ccc(C)c(NC(=O)COC(=O)CCCC(=O)Nc2ccccc2Cl)c1. The zero-order valence-electron chi connectivity index (χ0n) is 15.9. The van der Waals surface area contributed by atoms with Crippen LogP contribution in [-0.2, 0) is 19.1 Å². The molecular weight excluding hydrogens is 380 g/mol. The molecule has 2 rings (SSSR count). The molecule has 2 aromatic carbocycles. The van der Waals surface area contributed by atoms with Gasteiger partial charge in [-0.2, -0.15) is 0 Å². The average Bonchev–Trinajstić information content (AvgIpc) is 2.65. The Bertz CT molecular complexity index is 867. The van der Waals surface area contributed by atoms with E-state index < -0.39 is 11.9 Å². The molecule has 0 aromatic heterocycles. The number of amides is 2. The van der Waals surface area contributed by atoms with Crippen LogP contribution in [-0.4, -0.2) is 24.4 Å². The number of anilines is 2. The number of carbonyl (C=O) groups is 3. The van der Waals surface area contributed by atoms with Crippen LogP contribution in [0.25, 0.3) is 0 Å². The molecule has 0 bridgehead atoms. The van der Waals surface area contributed by atoms with Crippen LogP contribution in [0.15, 0.2) is 42.5 Å². The number of esters is 1. The number of carbonyl (C=O) groups excluding carboxylic acids is 3. The van der Waals surface area contributed by atoms with Crippen LogP contribution < -0.4 is 10.6 Å². The van der Waals surface area contributed by atoms with E-state index in [4.69, 9.17) is 16.3 Å². The van der Waals surface area contributed by atoms with Gasteiger partial charge < -0.3 is 15.4 Å². The first kappa shape index (κ1) is 21.4. The van der Waals surface area contributed by atoms with Crippen molar-refractivity contribution in [2.45, 2.75) is 33.1 Å². The molecular formula is C21H23ClN2O4. The molecule has 2 aromatic rings. The predicted molar refractivity (Wildman–Crippen MR) is 109 cm³/mol. The number of para-hydroxylation sites is 1. The number of halogens is 1. The summed E-state index contributed by atoms with van der Waals surface area (Å²) in [6.45, 7) is 3.45. The molecule has 7 heteroatoms. The van der Waals surface area contributed by atoms with Crippen molar-refractivity contribution in [1.82, 2.24) is 0 Å². The number of aryl methyl sites for hydroxylation is 2. The van der Waals surface area contributed by atoms with Gasteiger partial charge >= 0.3 is 5.97 Å². The summed E-state index contributed by atoms with van der Waals surface area (Å²) < 4.78 is 4.96. The summed E-state index contributed by atoms with van der Waals surface area (Å²) in [5.41, 5.74) is 3.17. The van der Waals surface area contributed by atoms with Gasteiger partial charge in [-0.05, 0) is 49.6 Å². The Kier molecular flexibility index (Phi) is 8.02. The second-order valence-corrected chi connectivity index (χ2v) is 6.82. The highest BCUT2D eigenvalue weighted by Crippen LogP contribution is 2.20. The number of ether oxygens (including phenoxy) is 1. The lowest BCUT2D eigenvalue weighted by atomic mass is 10.1. The van der Waals surface area contributed by atoms with Gasteiger partial charge in [0.25, 0.3) is 5.91 Å². The van der Waals surface area contributed by atoms with E-state index in [2.05, 4.69) is 10.6 Å². The van der Waals surface area contributed by atoms with Crippen LogP contribution in [0.2, 0.25) is 5.02 Å². The van der Waals surface area contributed by atoms with E-state index >= 15 is 0 Å². The molecule has 28 heavy (non-hydrogen) atoms. The molecule has 0 heterocycles. The standard InChI is InChI=1S/C21H23ClN2O4/c1-14-10-11-15(2)18(12-14)24-20(26)13-28-21(27)9-5-8-19(25)23-17-7-4-3-6-16(17)22/h3-4,6-7,10-12H,5,8-9,13H2,1-2H3,(H,23,25)(H,24,26). The topological polar surface area (TPSA) is 84.5 Å². The van der Waals surface area contributed by atoms with Gasteiger partial charge in [-0.1, -0.05) is 35.9 Å². The maximum atomic E-state index is 11.9. The van der Waals surface area contributed by atoms with Gasteiger partial charge in [0.1, 0.15) is 0 Å². The van der Waals surface area contributed by atoms with Gasteiger partial charge in [0, 0.05) is 18.5 Å². The highest BCUT2D eigenvalue weighted by molar-refractivity contribution is 6.33. The van der Waals surface area contributed by atoms with Crippen LogP contribution >= 0.6 is 11.6 Å². The summed E-state index contributed by atoms with van der Waals surface area (Å²) >= 11 is 5.97. The zero-order chi connectivity index (χ0) is 20.5. The van der Waals surface area contributed by atoms with Crippen LogP contribution in [0.3, 0.4) is 0 Å². The lowest BCUT2D eigenvalue weighted by Gasteiger charge is -2.10. The molecule has 148 valence electrons. The molecule has 0 aliphatic carbocycles. The first-order chi connectivity index (χ1) is 13.3. The molecule has 0 unspecified atom stereocenters. The Morgan fingerprint density at radius 1 is 0.929 bits per heavy atom. The Morgan fingerprint density at radius 3 is 2.39 bits per heavy atom. The van der Waals surface area contributed by atoms with E-state index in [-0.39, 0.29) is 25.4 Å². The third-order valence-corrected chi connectivity index (χ3v) is 4.29. The van der Waals surface area contributed by atoms with E-state index in [1.54, 1.807) is 24.3 Å². The molecule has 0 aliphatic heterocycles. The summed E-state index contributed by atoms with van der Waals surface area (Å²) in [4.78, 5) is 35.6. The summed E-state index contributed by atoms with van der Waals surface area (Å²) in [6, 6.07) is 12.6. The van der Waals surface area contributed by atoms with Crippen molar-refractivity contribution in [2.75, 3.05) is 17.2 Å². The predicted octanol–water partition coefficient (Wildman–Crippen LogP) is 4.25. The molecule has 0 atom stereocenters. The monoisotopic (exact) mass is 402 g/mol. The van der Waals surface area contributed by atoms with Gasteiger partial charge in [0.15, 0.2) is 6.61 Å². The first-order valence-corrected chi connectivity index (χ1v) is 9.30. The highest BCUT2D eigenvalue weighted by atomic mass is 35.5. The van der Waals surface area contributed by atoms with Gasteiger partial charge in [0.05, 0.1) is 10.7 Å². The minimum absolute atomic E-state index is 0.0483. The molecule has 2 N–H and O–H groups in total. The lowest BCUT2D eigenvalue weighted by molar-refractivity contribution is -0.147. The zero-order valence-corrected chi connectivity index (χ0v) is 16.6. The molecule has 0 aliphatic rings. The van der Waals surface area contributed by atoms with E-state index in [1.165, 1.54) is 0 Å². The van der Waals surface area contributed by atoms with E-state index in [0.717, 1.165) is 11.1 Å². The van der Waals surface area contributed by atoms with Crippen molar-refractivity contribution in [2.24, 2.45) is 0 Å². The Hall–Kier alpha value is -2.86. The minimum Gasteiger partial charge on any atom is -0.456 e. The van der Waals surface area contributed by atoms with E-state index in [9.17, 15) is 14.4 Å². The van der Waals surface area contributed by atoms with Gasteiger partial charge in [-0.3, -0.25) is 14.4 Å². The van der Waals surface area contributed by atoms with Crippen molar-refractivity contribution < 1.29 is 19.1 Å². The number of hydrogen-bond donors (Lipinski definition) is 2. The van der Waals surface area contributed by atoms with Crippen molar-refractivity contribution >= 4 is 40.8 Å². The van der Waals surface area contributed by atoms with Crippen molar-refractivity contribution in [3.05, 3.63) is 58.6 Å². The smallest absolute Gasteiger partial charge is 0.306 e. The van der Waals surface area contributed by atoms with Crippen LogP contribution in [0, 0.1) is 13.8 Å². The molecule has 0 saturated heterocycles. The van der Waals surface area contributed by atoms with Gasteiger partial charge in [-0.15, -0.1) is 0 Å². The highest BCUT2D eigenvalue weighted by Gasteiger charge is 2.11. The second kappa shape index (κ2) is 10.5. The third kappa shape index (κ3) is 7.04. The van der Waals surface area contributed by atoms with Crippen LogP contribution in [0.4, 0.5) is 11.4 Å². The largest absolute Gasteiger partial charge is 0.456 e. The molecule has 0 fully saturated rings. The van der Waals surface area contributed by atoms with Crippen molar-refractivity contribution in [3.8, 4) is 0 Å². The van der Waals surface area contributed by atoms with Gasteiger partial charge in [-0.25, -0.2) is 0 Å². The molecule has 0 spiro atoms. The number of hydrogen-bond acceptors (Lipinski definition) is 4. The molecule has 6 nitrogen and oxygen atoms in total. The Labute approximate surface area is 169 Å². The van der Waals surface area contributed by atoms with E-state index in [1.807, 2.05) is 32.0 Å². The Morgan fingerprint density at radius 2 is 1.64 bits per heavy atom. The minimum atomic E-state index is -0.526. The average molecular weight is 403 g/mol.